The molecule has 3 aromatic carbocycles. The van der Waals surface area contributed by atoms with E-state index in [4.69, 9.17) is 23.2 Å². The summed E-state index contributed by atoms with van der Waals surface area (Å²) in [5.74, 6) is 0. The largest absolute Gasteiger partial charge is 0.295 e. The van der Waals surface area contributed by atoms with Gasteiger partial charge in [0.25, 0.3) is 0 Å². The Labute approximate surface area is 169 Å². The van der Waals surface area contributed by atoms with Crippen LogP contribution in [0, 0.1) is 0 Å². The van der Waals surface area contributed by atoms with E-state index in [1.165, 1.54) is 16.3 Å². The van der Waals surface area contributed by atoms with E-state index in [1.807, 2.05) is 18.3 Å². The number of hydrazone groups is 1. The average molecular weight is 398 g/mol. The maximum Gasteiger partial charge on any atom is 0.0557 e. The van der Waals surface area contributed by atoms with E-state index in [1.54, 1.807) is 6.07 Å². The molecule has 0 aromatic heterocycles. The first-order valence-corrected chi connectivity index (χ1v) is 9.87. The predicted octanol–water partition coefficient (Wildman–Crippen LogP) is 5.30. The van der Waals surface area contributed by atoms with Crippen molar-refractivity contribution < 1.29 is 0 Å². The Kier molecular flexibility index (Phi) is 5.63. The van der Waals surface area contributed by atoms with Gasteiger partial charge in [0.2, 0.25) is 0 Å². The predicted molar refractivity (Wildman–Crippen MR) is 115 cm³/mol. The lowest BCUT2D eigenvalue weighted by atomic mass is 10.0. The van der Waals surface area contributed by atoms with Crippen LogP contribution in [-0.4, -0.2) is 42.3 Å². The highest BCUT2D eigenvalue weighted by molar-refractivity contribution is 6.36. The molecular weight excluding hydrogens is 377 g/mol. The highest BCUT2D eigenvalue weighted by atomic mass is 35.5. The molecule has 0 radical (unpaired) electrons. The average Bonchev–Trinajstić information content (AvgIpc) is 2.69. The summed E-state index contributed by atoms with van der Waals surface area (Å²) in [5.41, 5.74) is 2.28. The first-order valence-electron chi connectivity index (χ1n) is 9.12. The molecule has 0 atom stereocenters. The van der Waals surface area contributed by atoms with Crippen LogP contribution in [0.1, 0.15) is 11.1 Å². The fraction of sp³-hybridized carbons (Fsp3) is 0.227. The summed E-state index contributed by atoms with van der Waals surface area (Å²) >= 11 is 12.1. The first kappa shape index (κ1) is 18.3. The molecule has 4 rings (SSSR count). The number of nitrogens with zero attached hydrogens (tertiary/aromatic N) is 3. The Morgan fingerprint density at radius 2 is 1.67 bits per heavy atom. The Balaban J connectivity index is 1.37. The van der Waals surface area contributed by atoms with Crippen molar-refractivity contribution in [2.45, 2.75) is 6.54 Å². The van der Waals surface area contributed by atoms with E-state index in [0.29, 0.717) is 10.0 Å². The minimum Gasteiger partial charge on any atom is -0.295 e. The molecule has 3 nitrogen and oxygen atoms in total. The van der Waals surface area contributed by atoms with Crippen molar-refractivity contribution in [1.29, 1.82) is 0 Å². The van der Waals surface area contributed by atoms with Gasteiger partial charge in [0.1, 0.15) is 0 Å². The van der Waals surface area contributed by atoms with Crippen LogP contribution in [0.3, 0.4) is 0 Å². The number of benzene rings is 3. The third-order valence-corrected chi connectivity index (χ3v) is 5.51. The van der Waals surface area contributed by atoms with Crippen LogP contribution < -0.4 is 0 Å². The number of piperazine rings is 1. The normalized spacial score (nSPS) is 15.7. The van der Waals surface area contributed by atoms with Gasteiger partial charge in [-0.15, -0.1) is 0 Å². The highest BCUT2D eigenvalue weighted by Gasteiger charge is 2.16. The number of halogens is 2. The van der Waals surface area contributed by atoms with Crippen molar-refractivity contribution in [3.8, 4) is 0 Å². The highest BCUT2D eigenvalue weighted by Crippen LogP contribution is 2.21. The van der Waals surface area contributed by atoms with E-state index in [0.717, 1.165) is 38.3 Å². The van der Waals surface area contributed by atoms with Crippen LogP contribution in [0.2, 0.25) is 10.0 Å². The zero-order valence-corrected chi connectivity index (χ0v) is 16.5. The van der Waals surface area contributed by atoms with Gasteiger partial charge in [0.15, 0.2) is 0 Å². The third-order valence-electron chi connectivity index (χ3n) is 4.95. The van der Waals surface area contributed by atoms with Crippen molar-refractivity contribution in [3.63, 3.8) is 0 Å². The van der Waals surface area contributed by atoms with Crippen LogP contribution in [0.15, 0.2) is 65.8 Å². The van der Waals surface area contributed by atoms with Gasteiger partial charge in [-0.1, -0.05) is 71.7 Å². The van der Waals surface area contributed by atoms with Crippen LogP contribution in [0.5, 0.6) is 0 Å². The SMILES string of the molecule is Clc1ccc(C=NN2CCN(Cc3cccc4ccccc34)CC2)c(Cl)c1. The van der Waals surface area contributed by atoms with Crippen molar-refractivity contribution >= 4 is 40.2 Å². The molecule has 27 heavy (non-hydrogen) atoms. The number of rotatable bonds is 4. The summed E-state index contributed by atoms with van der Waals surface area (Å²) in [4.78, 5) is 2.49. The molecule has 0 amide bonds. The number of hydrogen-bond donors (Lipinski definition) is 0. The molecule has 0 aliphatic carbocycles. The Morgan fingerprint density at radius 3 is 2.48 bits per heavy atom. The Morgan fingerprint density at radius 1 is 0.889 bits per heavy atom. The number of hydrogen-bond acceptors (Lipinski definition) is 3. The Bertz CT molecular complexity index is 957. The second kappa shape index (κ2) is 8.30. The summed E-state index contributed by atoms with van der Waals surface area (Å²) in [5, 5.41) is 10.6. The smallest absolute Gasteiger partial charge is 0.0557 e. The van der Waals surface area contributed by atoms with E-state index in [2.05, 4.69) is 57.5 Å². The van der Waals surface area contributed by atoms with Crippen molar-refractivity contribution in [1.82, 2.24) is 9.91 Å². The Hall–Kier alpha value is -2.07. The quantitative estimate of drug-likeness (QED) is 0.556. The topological polar surface area (TPSA) is 18.8 Å². The standard InChI is InChI=1S/C22H21Cl2N3/c23-20-9-8-18(22(24)14-20)15-25-27-12-10-26(11-13-27)16-19-6-3-5-17-4-1-2-7-21(17)19/h1-9,14-15H,10-13,16H2. The maximum absolute atomic E-state index is 6.21. The summed E-state index contributed by atoms with van der Waals surface area (Å²) in [6, 6.07) is 20.6. The summed E-state index contributed by atoms with van der Waals surface area (Å²) in [6.07, 6.45) is 1.82. The van der Waals surface area contributed by atoms with Crippen LogP contribution in [-0.2, 0) is 6.54 Å². The monoisotopic (exact) mass is 397 g/mol. The minimum absolute atomic E-state index is 0.626. The van der Waals surface area contributed by atoms with Gasteiger partial charge in [0, 0.05) is 43.3 Å². The molecule has 138 valence electrons. The lowest BCUT2D eigenvalue weighted by Gasteiger charge is -2.33. The molecule has 3 aromatic rings. The van der Waals surface area contributed by atoms with Crippen molar-refractivity contribution in [2.24, 2.45) is 5.10 Å². The van der Waals surface area contributed by atoms with Crippen LogP contribution >= 0.6 is 23.2 Å². The molecule has 0 bridgehead atoms. The second-order valence-electron chi connectivity index (χ2n) is 6.78. The second-order valence-corrected chi connectivity index (χ2v) is 7.62. The van der Waals surface area contributed by atoms with E-state index >= 15 is 0 Å². The molecule has 0 N–H and O–H groups in total. The van der Waals surface area contributed by atoms with Gasteiger partial charge in [-0.25, -0.2) is 0 Å². The fourth-order valence-corrected chi connectivity index (χ4v) is 3.89. The number of fused-ring (bicyclic) bond motifs is 1. The molecule has 1 heterocycles. The lowest BCUT2D eigenvalue weighted by molar-refractivity contribution is 0.131. The molecule has 0 unspecified atom stereocenters. The minimum atomic E-state index is 0.626. The summed E-state index contributed by atoms with van der Waals surface area (Å²) in [6.45, 7) is 4.78. The van der Waals surface area contributed by atoms with Gasteiger partial charge in [0.05, 0.1) is 11.2 Å². The van der Waals surface area contributed by atoms with E-state index in [-0.39, 0.29) is 0 Å². The molecular formula is C22H21Cl2N3. The zero-order valence-electron chi connectivity index (χ0n) is 15.0. The lowest BCUT2D eigenvalue weighted by Crippen LogP contribution is -2.43. The zero-order chi connectivity index (χ0) is 18.6. The molecule has 1 aliphatic rings. The molecule has 1 saturated heterocycles. The van der Waals surface area contributed by atoms with Gasteiger partial charge < -0.3 is 0 Å². The van der Waals surface area contributed by atoms with Gasteiger partial charge in [-0.2, -0.15) is 5.10 Å². The molecule has 0 saturated carbocycles. The van der Waals surface area contributed by atoms with Gasteiger partial charge in [-0.3, -0.25) is 9.91 Å². The molecule has 1 aliphatic heterocycles. The van der Waals surface area contributed by atoms with E-state index in [9.17, 15) is 0 Å². The summed E-state index contributed by atoms with van der Waals surface area (Å²) in [7, 11) is 0. The van der Waals surface area contributed by atoms with Crippen molar-refractivity contribution in [3.05, 3.63) is 81.8 Å². The summed E-state index contributed by atoms with van der Waals surface area (Å²) < 4.78 is 0. The van der Waals surface area contributed by atoms with Gasteiger partial charge in [-0.05, 0) is 28.5 Å². The van der Waals surface area contributed by atoms with Crippen LogP contribution in [0.4, 0.5) is 0 Å². The molecule has 5 heteroatoms. The van der Waals surface area contributed by atoms with Crippen molar-refractivity contribution in [2.75, 3.05) is 26.2 Å². The maximum atomic E-state index is 6.21. The fourth-order valence-electron chi connectivity index (χ4n) is 3.43. The van der Waals surface area contributed by atoms with E-state index < -0.39 is 0 Å². The van der Waals surface area contributed by atoms with Gasteiger partial charge >= 0.3 is 0 Å². The first-order chi connectivity index (χ1) is 13.2. The third kappa shape index (κ3) is 4.44. The molecule has 1 fully saturated rings. The molecule has 0 spiro atoms. The van der Waals surface area contributed by atoms with Crippen LogP contribution in [0.25, 0.3) is 10.8 Å².